The van der Waals surface area contributed by atoms with Gasteiger partial charge in [0.25, 0.3) is 0 Å². The third-order valence-corrected chi connectivity index (χ3v) is 4.26. The van der Waals surface area contributed by atoms with E-state index in [1.807, 2.05) is 12.1 Å². The molecule has 2 rings (SSSR count). The van der Waals surface area contributed by atoms with Gasteiger partial charge in [0, 0.05) is 28.7 Å². The van der Waals surface area contributed by atoms with Crippen LogP contribution < -0.4 is 10.1 Å². The maximum atomic E-state index is 13.1. The maximum Gasteiger partial charge on any atom is 0.124 e. The SMILES string of the molecule is CC[C@@H](C)NCc1cc(Cl)ccc1OCc1ccc(F)cc1Cl. The van der Waals surface area contributed by atoms with Crippen molar-refractivity contribution in [3.63, 3.8) is 0 Å². The molecular weight excluding hydrogens is 336 g/mol. The van der Waals surface area contributed by atoms with Crippen molar-refractivity contribution in [3.05, 3.63) is 63.4 Å². The monoisotopic (exact) mass is 355 g/mol. The van der Waals surface area contributed by atoms with E-state index >= 15 is 0 Å². The van der Waals surface area contributed by atoms with Crippen molar-refractivity contribution in [2.24, 2.45) is 0 Å². The number of benzene rings is 2. The van der Waals surface area contributed by atoms with Gasteiger partial charge in [-0.2, -0.15) is 0 Å². The molecule has 0 spiro atoms. The van der Waals surface area contributed by atoms with Gasteiger partial charge in [0.2, 0.25) is 0 Å². The Morgan fingerprint density at radius 2 is 1.91 bits per heavy atom. The molecule has 2 aromatic carbocycles. The molecule has 0 aliphatic carbocycles. The molecule has 0 unspecified atom stereocenters. The molecule has 0 saturated heterocycles. The van der Waals surface area contributed by atoms with Crippen molar-refractivity contribution >= 4 is 23.2 Å². The second-order valence-electron chi connectivity index (χ2n) is 5.47. The molecule has 0 saturated carbocycles. The maximum absolute atomic E-state index is 13.1. The first-order valence-corrected chi connectivity index (χ1v) is 8.33. The van der Waals surface area contributed by atoms with Gasteiger partial charge in [-0.25, -0.2) is 4.39 Å². The lowest BCUT2D eigenvalue weighted by Crippen LogP contribution is -2.24. The molecule has 1 N–H and O–H groups in total. The molecule has 0 aliphatic rings. The van der Waals surface area contributed by atoms with Gasteiger partial charge >= 0.3 is 0 Å². The smallest absolute Gasteiger partial charge is 0.124 e. The first-order valence-electron chi connectivity index (χ1n) is 7.58. The Kier molecular flexibility index (Phi) is 6.70. The summed E-state index contributed by atoms with van der Waals surface area (Å²) in [7, 11) is 0. The summed E-state index contributed by atoms with van der Waals surface area (Å²) in [6.07, 6.45) is 1.04. The van der Waals surface area contributed by atoms with Gasteiger partial charge in [-0.05, 0) is 43.7 Å². The second-order valence-corrected chi connectivity index (χ2v) is 6.31. The quantitative estimate of drug-likeness (QED) is 0.697. The van der Waals surface area contributed by atoms with Crippen molar-refractivity contribution < 1.29 is 9.13 Å². The van der Waals surface area contributed by atoms with Crippen molar-refractivity contribution in [1.29, 1.82) is 0 Å². The Labute approximate surface area is 146 Å². The van der Waals surface area contributed by atoms with Gasteiger partial charge in [-0.1, -0.05) is 36.2 Å². The van der Waals surface area contributed by atoms with Crippen LogP contribution in [0.4, 0.5) is 4.39 Å². The number of rotatable bonds is 7. The van der Waals surface area contributed by atoms with Crippen LogP contribution in [-0.2, 0) is 13.2 Å². The molecule has 2 aromatic rings. The van der Waals surface area contributed by atoms with Crippen LogP contribution in [0.2, 0.25) is 10.0 Å². The molecule has 2 nitrogen and oxygen atoms in total. The average molecular weight is 356 g/mol. The summed E-state index contributed by atoms with van der Waals surface area (Å²) in [5.41, 5.74) is 1.72. The first-order chi connectivity index (χ1) is 11.0. The number of hydrogen-bond donors (Lipinski definition) is 1. The van der Waals surface area contributed by atoms with Gasteiger partial charge in [-0.3, -0.25) is 0 Å². The van der Waals surface area contributed by atoms with E-state index in [2.05, 4.69) is 19.2 Å². The minimum atomic E-state index is -0.358. The van der Waals surface area contributed by atoms with Gasteiger partial charge in [0.15, 0.2) is 0 Å². The molecule has 0 aromatic heterocycles. The second kappa shape index (κ2) is 8.53. The lowest BCUT2D eigenvalue weighted by atomic mass is 10.1. The summed E-state index contributed by atoms with van der Waals surface area (Å²) in [5.74, 6) is 0.384. The third kappa shape index (κ3) is 5.38. The van der Waals surface area contributed by atoms with Crippen LogP contribution in [0.5, 0.6) is 5.75 Å². The Hall–Kier alpha value is -1.29. The Morgan fingerprint density at radius 3 is 2.61 bits per heavy atom. The molecular formula is C18H20Cl2FNO. The van der Waals surface area contributed by atoms with Crippen LogP contribution >= 0.6 is 23.2 Å². The molecule has 124 valence electrons. The summed E-state index contributed by atoms with van der Waals surface area (Å²) in [6.45, 7) is 5.20. The fourth-order valence-corrected chi connectivity index (χ4v) is 2.47. The van der Waals surface area contributed by atoms with Crippen LogP contribution in [0.15, 0.2) is 36.4 Å². The van der Waals surface area contributed by atoms with E-state index in [4.69, 9.17) is 27.9 Å². The molecule has 0 amide bonds. The lowest BCUT2D eigenvalue weighted by Gasteiger charge is -2.16. The fourth-order valence-electron chi connectivity index (χ4n) is 2.05. The summed E-state index contributed by atoms with van der Waals surface area (Å²) in [5, 5.41) is 4.44. The molecule has 1 atom stereocenters. The number of hydrogen-bond acceptors (Lipinski definition) is 2. The van der Waals surface area contributed by atoms with Crippen molar-refractivity contribution in [3.8, 4) is 5.75 Å². The Bertz CT molecular complexity index is 663. The Balaban J connectivity index is 2.09. The van der Waals surface area contributed by atoms with Gasteiger partial charge < -0.3 is 10.1 Å². The molecule has 5 heteroatoms. The highest BCUT2D eigenvalue weighted by Gasteiger charge is 2.09. The van der Waals surface area contributed by atoms with E-state index in [0.29, 0.717) is 22.6 Å². The topological polar surface area (TPSA) is 21.3 Å². The standard InChI is InChI=1S/C18H20Cl2FNO/c1-3-12(2)22-10-14-8-15(19)5-7-18(14)23-11-13-4-6-16(21)9-17(13)20/h4-9,12,22H,3,10-11H2,1-2H3/t12-/m1/s1. The highest BCUT2D eigenvalue weighted by molar-refractivity contribution is 6.31. The van der Waals surface area contributed by atoms with E-state index in [1.165, 1.54) is 12.1 Å². The third-order valence-electron chi connectivity index (χ3n) is 3.67. The van der Waals surface area contributed by atoms with Crippen molar-refractivity contribution in [1.82, 2.24) is 5.32 Å². The summed E-state index contributed by atoms with van der Waals surface area (Å²) >= 11 is 12.1. The van der Waals surface area contributed by atoms with Crippen LogP contribution in [0, 0.1) is 5.82 Å². The molecule has 0 heterocycles. The zero-order chi connectivity index (χ0) is 16.8. The highest BCUT2D eigenvalue weighted by atomic mass is 35.5. The number of ether oxygens (including phenoxy) is 1. The van der Waals surface area contributed by atoms with Gasteiger partial charge in [0.1, 0.15) is 18.2 Å². The zero-order valence-electron chi connectivity index (χ0n) is 13.2. The molecule has 0 radical (unpaired) electrons. The predicted molar refractivity (Wildman–Crippen MR) is 93.8 cm³/mol. The van der Waals surface area contributed by atoms with Gasteiger partial charge in [0.05, 0.1) is 5.02 Å². The van der Waals surface area contributed by atoms with E-state index in [-0.39, 0.29) is 12.4 Å². The lowest BCUT2D eigenvalue weighted by molar-refractivity contribution is 0.301. The summed E-state index contributed by atoms with van der Waals surface area (Å²) < 4.78 is 18.9. The number of nitrogens with one attached hydrogen (secondary N) is 1. The van der Waals surface area contributed by atoms with Crippen LogP contribution in [0.3, 0.4) is 0 Å². The molecule has 0 fully saturated rings. The first kappa shape index (κ1) is 18.1. The predicted octanol–water partition coefficient (Wildman–Crippen LogP) is 5.60. The van der Waals surface area contributed by atoms with Crippen LogP contribution in [0.1, 0.15) is 31.4 Å². The van der Waals surface area contributed by atoms with Crippen molar-refractivity contribution in [2.45, 2.75) is 39.5 Å². The highest BCUT2D eigenvalue weighted by Crippen LogP contribution is 2.25. The zero-order valence-corrected chi connectivity index (χ0v) is 14.7. The number of halogens is 3. The summed E-state index contributed by atoms with van der Waals surface area (Å²) in [6, 6.07) is 10.2. The minimum Gasteiger partial charge on any atom is -0.489 e. The van der Waals surface area contributed by atoms with E-state index < -0.39 is 0 Å². The van der Waals surface area contributed by atoms with Crippen LogP contribution in [0.25, 0.3) is 0 Å². The van der Waals surface area contributed by atoms with E-state index in [1.54, 1.807) is 12.1 Å². The van der Waals surface area contributed by atoms with Crippen molar-refractivity contribution in [2.75, 3.05) is 0 Å². The fraction of sp³-hybridized carbons (Fsp3) is 0.333. The molecule has 0 bridgehead atoms. The molecule has 0 aliphatic heterocycles. The average Bonchev–Trinajstić information content (AvgIpc) is 2.53. The van der Waals surface area contributed by atoms with E-state index in [0.717, 1.165) is 23.3 Å². The van der Waals surface area contributed by atoms with E-state index in [9.17, 15) is 4.39 Å². The normalized spacial score (nSPS) is 12.2. The minimum absolute atomic E-state index is 0.275. The molecule has 23 heavy (non-hydrogen) atoms. The Morgan fingerprint density at radius 1 is 1.13 bits per heavy atom. The summed E-state index contributed by atoms with van der Waals surface area (Å²) in [4.78, 5) is 0. The van der Waals surface area contributed by atoms with Gasteiger partial charge in [-0.15, -0.1) is 0 Å². The largest absolute Gasteiger partial charge is 0.489 e. The van der Waals surface area contributed by atoms with Crippen LogP contribution in [-0.4, -0.2) is 6.04 Å².